The van der Waals surface area contributed by atoms with Crippen molar-refractivity contribution in [1.29, 1.82) is 0 Å². The first-order valence-electron chi connectivity index (χ1n) is 9.54. The van der Waals surface area contributed by atoms with Gasteiger partial charge in [-0.1, -0.05) is 19.8 Å². The third-order valence-electron chi connectivity index (χ3n) is 5.35. The summed E-state index contributed by atoms with van der Waals surface area (Å²) in [5, 5.41) is 0. The van der Waals surface area contributed by atoms with E-state index in [9.17, 15) is 4.79 Å². The highest BCUT2D eigenvalue weighted by molar-refractivity contribution is 5.89. The Balaban J connectivity index is 1.85. The molecule has 3 rings (SSSR count). The van der Waals surface area contributed by atoms with Crippen molar-refractivity contribution in [3.05, 3.63) is 58.9 Å². The minimum Gasteiger partial charge on any atom is -0.493 e. The first-order chi connectivity index (χ1) is 13.1. The Hall–Kier alpha value is -2.80. The highest BCUT2D eigenvalue weighted by Gasteiger charge is 2.34. The van der Waals surface area contributed by atoms with Crippen molar-refractivity contribution in [2.24, 2.45) is 0 Å². The molecule has 0 aliphatic carbocycles. The lowest BCUT2D eigenvalue weighted by Gasteiger charge is -2.37. The molecule has 2 aromatic rings. The molecule has 1 aliphatic rings. The van der Waals surface area contributed by atoms with Crippen LogP contribution in [0.3, 0.4) is 0 Å². The molecule has 1 aliphatic heterocycles. The van der Waals surface area contributed by atoms with Crippen LogP contribution in [0, 0.1) is 11.8 Å². The van der Waals surface area contributed by atoms with Gasteiger partial charge in [0.05, 0.1) is 18.8 Å². The number of nitrogens with zero attached hydrogens (tertiary/aromatic N) is 1. The SMILES string of the molecule is CCOC(=O)c1ccc(C#Cc2ccc3c(c2)C(CC)(CC)CCO3)nc1. The summed E-state index contributed by atoms with van der Waals surface area (Å²) in [5.41, 5.74) is 3.43. The Morgan fingerprint density at radius 1 is 1.19 bits per heavy atom. The van der Waals surface area contributed by atoms with Crippen molar-refractivity contribution < 1.29 is 14.3 Å². The lowest BCUT2D eigenvalue weighted by molar-refractivity contribution is 0.0526. The van der Waals surface area contributed by atoms with E-state index in [0.29, 0.717) is 17.9 Å². The van der Waals surface area contributed by atoms with E-state index in [1.165, 1.54) is 11.8 Å². The number of carbonyl (C=O) groups excluding carboxylic acids is 1. The van der Waals surface area contributed by atoms with Gasteiger partial charge in [0.15, 0.2) is 0 Å². The Labute approximate surface area is 160 Å². The van der Waals surface area contributed by atoms with Gasteiger partial charge in [-0.2, -0.15) is 0 Å². The Morgan fingerprint density at radius 3 is 2.67 bits per heavy atom. The van der Waals surface area contributed by atoms with Crippen LogP contribution < -0.4 is 4.74 Å². The molecule has 0 N–H and O–H groups in total. The van der Waals surface area contributed by atoms with Crippen molar-refractivity contribution in [3.8, 4) is 17.6 Å². The van der Waals surface area contributed by atoms with Crippen LogP contribution >= 0.6 is 0 Å². The minimum absolute atomic E-state index is 0.171. The topological polar surface area (TPSA) is 48.4 Å². The summed E-state index contributed by atoms with van der Waals surface area (Å²) in [6, 6.07) is 9.59. The molecule has 2 heterocycles. The summed E-state index contributed by atoms with van der Waals surface area (Å²) in [6.07, 6.45) is 4.73. The number of ether oxygens (including phenoxy) is 2. The molecule has 0 radical (unpaired) electrons. The summed E-state index contributed by atoms with van der Waals surface area (Å²) in [5.74, 6) is 6.87. The molecule has 0 unspecified atom stereocenters. The van der Waals surface area contributed by atoms with E-state index in [0.717, 1.165) is 37.2 Å². The van der Waals surface area contributed by atoms with E-state index in [1.54, 1.807) is 19.1 Å². The minimum atomic E-state index is -0.366. The molecular weight excluding hydrogens is 338 g/mol. The second-order valence-electron chi connectivity index (χ2n) is 6.70. The van der Waals surface area contributed by atoms with E-state index in [2.05, 4.69) is 36.7 Å². The number of aromatic nitrogens is 1. The molecule has 1 aromatic heterocycles. The first kappa shape index (κ1) is 19.0. The normalized spacial score (nSPS) is 14.3. The van der Waals surface area contributed by atoms with Gasteiger partial charge in [-0.05, 0) is 62.4 Å². The van der Waals surface area contributed by atoms with Crippen LogP contribution in [0.5, 0.6) is 5.75 Å². The molecule has 0 fully saturated rings. The second kappa shape index (κ2) is 8.26. The maximum absolute atomic E-state index is 11.7. The number of pyridine rings is 1. The second-order valence-corrected chi connectivity index (χ2v) is 6.70. The lowest BCUT2D eigenvalue weighted by atomic mass is 9.71. The van der Waals surface area contributed by atoms with Gasteiger partial charge in [-0.3, -0.25) is 0 Å². The number of hydrogen-bond donors (Lipinski definition) is 0. The summed E-state index contributed by atoms with van der Waals surface area (Å²) in [4.78, 5) is 15.9. The fourth-order valence-electron chi connectivity index (χ4n) is 3.56. The zero-order chi connectivity index (χ0) is 19.3. The van der Waals surface area contributed by atoms with Crippen LogP contribution in [0.15, 0.2) is 36.5 Å². The fourth-order valence-corrected chi connectivity index (χ4v) is 3.56. The van der Waals surface area contributed by atoms with Crippen LogP contribution in [0.4, 0.5) is 0 Å². The molecule has 27 heavy (non-hydrogen) atoms. The van der Waals surface area contributed by atoms with Gasteiger partial charge in [0.2, 0.25) is 0 Å². The first-order valence-corrected chi connectivity index (χ1v) is 9.54. The van der Waals surface area contributed by atoms with Crippen molar-refractivity contribution in [2.45, 2.75) is 45.4 Å². The molecule has 0 bridgehead atoms. The van der Waals surface area contributed by atoms with Crippen molar-refractivity contribution in [1.82, 2.24) is 4.98 Å². The average molecular weight is 363 g/mol. The Morgan fingerprint density at radius 2 is 2.00 bits per heavy atom. The van der Waals surface area contributed by atoms with Crippen molar-refractivity contribution in [3.63, 3.8) is 0 Å². The molecule has 1 aromatic carbocycles. The van der Waals surface area contributed by atoms with Gasteiger partial charge in [-0.25, -0.2) is 9.78 Å². The van der Waals surface area contributed by atoms with Gasteiger partial charge >= 0.3 is 5.97 Å². The molecule has 0 atom stereocenters. The zero-order valence-electron chi connectivity index (χ0n) is 16.2. The van der Waals surface area contributed by atoms with Gasteiger partial charge < -0.3 is 9.47 Å². The van der Waals surface area contributed by atoms with E-state index < -0.39 is 0 Å². The largest absolute Gasteiger partial charge is 0.493 e. The third kappa shape index (κ3) is 3.98. The van der Waals surface area contributed by atoms with Crippen LogP contribution in [0.25, 0.3) is 0 Å². The molecule has 0 saturated heterocycles. The van der Waals surface area contributed by atoms with E-state index in [-0.39, 0.29) is 11.4 Å². The number of hydrogen-bond acceptors (Lipinski definition) is 4. The van der Waals surface area contributed by atoms with E-state index in [1.807, 2.05) is 12.1 Å². The number of fused-ring (bicyclic) bond motifs is 1. The quantitative estimate of drug-likeness (QED) is 0.593. The molecule has 0 spiro atoms. The van der Waals surface area contributed by atoms with Crippen molar-refractivity contribution >= 4 is 5.97 Å². The fraction of sp³-hybridized carbons (Fsp3) is 0.391. The Kier molecular flexibility index (Phi) is 5.81. The predicted molar refractivity (Wildman–Crippen MR) is 105 cm³/mol. The van der Waals surface area contributed by atoms with Gasteiger partial charge in [0, 0.05) is 22.7 Å². The van der Waals surface area contributed by atoms with Crippen LogP contribution in [-0.2, 0) is 10.2 Å². The van der Waals surface area contributed by atoms with E-state index in [4.69, 9.17) is 9.47 Å². The van der Waals surface area contributed by atoms with E-state index >= 15 is 0 Å². The van der Waals surface area contributed by atoms with Crippen LogP contribution in [-0.4, -0.2) is 24.2 Å². The van der Waals surface area contributed by atoms with Gasteiger partial charge in [-0.15, -0.1) is 0 Å². The highest BCUT2D eigenvalue weighted by Crippen LogP contribution is 2.43. The monoisotopic (exact) mass is 363 g/mol. The Bertz CT molecular complexity index is 871. The van der Waals surface area contributed by atoms with Gasteiger partial charge in [0.1, 0.15) is 11.4 Å². The smallest absolute Gasteiger partial charge is 0.339 e. The van der Waals surface area contributed by atoms with Crippen LogP contribution in [0.2, 0.25) is 0 Å². The number of esters is 1. The average Bonchev–Trinajstić information content (AvgIpc) is 2.72. The zero-order valence-corrected chi connectivity index (χ0v) is 16.2. The maximum atomic E-state index is 11.7. The number of benzene rings is 1. The highest BCUT2D eigenvalue weighted by atomic mass is 16.5. The molecule has 0 amide bonds. The molecule has 140 valence electrons. The summed E-state index contributed by atoms with van der Waals surface area (Å²) >= 11 is 0. The number of carbonyl (C=O) groups is 1. The van der Waals surface area contributed by atoms with Gasteiger partial charge in [0.25, 0.3) is 0 Å². The molecule has 0 saturated carbocycles. The maximum Gasteiger partial charge on any atom is 0.339 e. The summed E-state index contributed by atoms with van der Waals surface area (Å²) in [7, 11) is 0. The summed E-state index contributed by atoms with van der Waals surface area (Å²) < 4.78 is 10.8. The summed E-state index contributed by atoms with van der Waals surface area (Å²) in [6.45, 7) is 7.38. The predicted octanol–water partition coefficient (Wildman–Crippen LogP) is 4.50. The number of rotatable bonds is 4. The third-order valence-corrected chi connectivity index (χ3v) is 5.35. The molecule has 4 heteroatoms. The van der Waals surface area contributed by atoms with Crippen molar-refractivity contribution in [2.75, 3.05) is 13.2 Å². The van der Waals surface area contributed by atoms with Crippen LogP contribution in [0.1, 0.15) is 67.2 Å². The molecule has 4 nitrogen and oxygen atoms in total. The lowest BCUT2D eigenvalue weighted by Crippen LogP contribution is -2.31. The molecular formula is C23H25NO3. The standard InChI is InChI=1S/C23H25NO3/c1-4-23(5-2)13-14-27-21-12-8-17(15-20(21)23)7-10-19-11-9-18(16-24-19)22(25)26-6-3/h8-9,11-12,15-16H,4-6,13-14H2,1-3H3.